The fraction of sp³-hybridized carbons (Fsp3) is 0.368. The molecule has 2 N–H and O–H groups in total. The molecule has 1 aliphatic heterocycles. The van der Waals surface area contributed by atoms with Gasteiger partial charge in [0, 0.05) is 11.3 Å². The molecule has 0 saturated carbocycles. The smallest absolute Gasteiger partial charge is 0.330 e. The number of amides is 1. The number of fused-ring (bicyclic) bond motifs is 2. The van der Waals surface area contributed by atoms with Gasteiger partial charge in [-0.2, -0.15) is 0 Å². The molecule has 25 heavy (non-hydrogen) atoms. The van der Waals surface area contributed by atoms with E-state index in [-0.39, 0.29) is 5.91 Å². The van der Waals surface area contributed by atoms with E-state index in [0.717, 1.165) is 43.4 Å². The van der Waals surface area contributed by atoms with Gasteiger partial charge in [-0.05, 0) is 60.6 Å². The van der Waals surface area contributed by atoms with Gasteiger partial charge < -0.3 is 15.2 Å². The third-order valence-electron chi connectivity index (χ3n) is 4.79. The van der Waals surface area contributed by atoms with Gasteiger partial charge in [0.15, 0.2) is 6.04 Å². The van der Waals surface area contributed by atoms with Gasteiger partial charge in [-0.3, -0.25) is 4.79 Å². The SMILES string of the molecule is O=C(NC(C(=O)O)c1ccc2c(c1)CCO2)c1cc2c(s1)CCCC2. The number of ether oxygens (including phenoxy) is 1. The Kier molecular flexibility index (Phi) is 4.21. The number of hydrogen-bond acceptors (Lipinski definition) is 4. The molecule has 2 aromatic rings. The molecule has 1 amide bonds. The number of carbonyl (C=O) groups excluding carboxylic acids is 1. The summed E-state index contributed by atoms with van der Waals surface area (Å²) < 4.78 is 5.46. The summed E-state index contributed by atoms with van der Waals surface area (Å²) >= 11 is 1.49. The number of thiophene rings is 1. The van der Waals surface area contributed by atoms with Crippen LogP contribution < -0.4 is 10.1 Å². The Hall–Kier alpha value is -2.34. The first-order chi connectivity index (χ1) is 12.1. The summed E-state index contributed by atoms with van der Waals surface area (Å²) in [4.78, 5) is 26.2. The van der Waals surface area contributed by atoms with Crippen molar-refractivity contribution in [2.45, 2.75) is 38.1 Å². The van der Waals surface area contributed by atoms with Crippen LogP contribution in [0.1, 0.15) is 50.1 Å². The summed E-state index contributed by atoms with van der Waals surface area (Å²) in [6.07, 6.45) is 5.09. The van der Waals surface area contributed by atoms with Crippen LogP contribution in [-0.4, -0.2) is 23.6 Å². The second-order valence-electron chi connectivity index (χ2n) is 6.48. The number of carboxylic acid groups (broad SMARTS) is 1. The lowest BCUT2D eigenvalue weighted by Gasteiger charge is -2.15. The summed E-state index contributed by atoms with van der Waals surface area (Å²) in [6, 6.07) is 6.18. The van der Waals surface area contributed by atoms with Crippen LogP contribution in [0.4, 0.5) is 0 Å². The Labute approximate surface area is 149 Å². The lowest BCUT2D eigenvalue weighted by atomic mass is 9.99. The Balaban J connectivity index is 1.56. The molecule has 1 aromatic carbocycles. The molecule has 1 aliphatic carbocycles. The standard InChI is InChI=1S/C19H19NO4S/c21-18(16-10-12-3-1-2-4-15(12)25-16)20-17(19(22)23)13-5-6-14-11(9-13)7-8-24-14/h5-6,9-10,17H,1-4,7-8H2,(H,20,21)(H,22,23). The summed E-state index contributed by atoms with van der Waals surface area (Å²) in [5.74, 6) is -0.581. The maximum Gasteiger partial charge on any atom is 0.330 e. The van der Waals surface area contributed by atoms with Gasteiger partial charge in [0.1, 0.15) is 5.75 Å². The third kappa shape index (κ3) is 3.14. The van der Waals surface area contributed by atoms with E-state index in [0.29, 0.717) is 17.0 Å². The second-order valence-corrected chi connectivity index (χ2v) is 7.61. The molecule has 1 atom stereocenters. The number of carboxylic acids is 1. The molecule has 5 nitrogen and oxygen atoms in total. The Morgan fingerprint density at radius 2 is 1.96 bits per heavy atom. The van der Waals surface area contributed by atoms with E-state index in [1.54, 1.807) is 12.1 Å². The van der Waals surface area contributed by atoms with E-state index < -0.39 is 12.0 Å². The number of nitrogens with one attached hydrogen (secondary N) is 1. The zero-order chi connectivity index (χ0) is 17.4. The van der Waals surface area contributed by atoms with Crippen LogP contribution in [0.25, 0.3) is 0 Å². The van der Waals surface area contributed by atoms with E-state index >= 15 is 0 Å². The van der Waals surface area contributed by atoms with Crippen molar-refractivity contribution in [2.75, 3.05) is 6.61 Å². The number of aryl methyl sites for hydroxylation is 2. The first-order valence-electron chi connectivity index (χ1n) is 8.52. The number of benzene rings is 1. The highest BCUT2D eigenvalue weighted by atomic mass is 32.1. The van der Waals surface area contributed by atoms with E-state index in [4.69, 9.17) is 4.74 Å². The van der Waals surface area contributed by atoms with Gasteiger partial charge in [-0.25, -0.2) is 4.79 Å². The molecule has 4 rings (SSSR count). The van der Waals surface area contributed by atoms with E-state index in [1.165, 1.54) is 21.8 Å². The minimum Gasteiger partial charge on any atom is -0.493 e. The molecule has 0 bridgehead atoms. The third-order valence-corrected chi connectivity index (χ3v) is 6.03. The summed E-state index contributed by atoms with van der Waals surface area (Å²) in [6.45, 7) is 0.615. The molecule has 0 radical (unpaired) electrons. The minimum atomic E-state index is -1.06. The summed E-state index contributed by atoms with van der Waals surface area (Å²) in [5.41, 5.74) is 2.80. The van der Waals surface area contributed by atoms with Gasteiger partial charge >= 0.3 is 5.97 Å². The number of hydrogen-bond donors (Lipinski definition) is 2. The summed E-state index contributed by atoms with van der Waals surface area (Å²) in [5, 5.41) is 12.3. The van der Waals surface area contributed by atoms with Gasteiger partial charge in [0.2, 0.25) is 0 Å². The normalized spacial score (nSPS) is 16.5. The second kappa shape index (κ2) is 6.52. The van der Waals surface area contributed by atoms with Gasteiger partial charge in [-0.1, -0.05) is 6.07 Å². The van der Waals surface area contributed by atoms with Crippen LogP contribution in [0.5, 0.6) is 5.75 Å². The van der Waals surface area contributed by atoms with E-state index in [2.05, 4.69) is 5.32 Å². The number of aliphatic carboxylic acids is 1. The fourth-order valence-corrected chi connectivity index (χ4v) is 4.64. The zero-order valence-corrected chi connectivity index (χ0v) is 14.5. The molecular weight excluding hydrogens is 338 g/mol. The lowest BCUT2D eigenvalue weighted by molar-refractivity contribution is -0.139. The molecule has 1 aromatic heterocycles. The molecule has 0 saturated heterocycles. The van der Waals surface area contributed by atoms with Crippen molar-refractivity contribution in [3.8, 4) is 5.75 Å². The minimum absolute atomic E-state index is 0.316. The van der Waals surface area contributed by atoms with Crippen molar-refractivity contribution in [1.29, 1.82) is 0 Å². The first kappa shape index (κ1) is 16.1. The van der Waals surface area contributed by atoms with Crippen molar-refractivity contribution in [3.63, 3.8) is 0 Å². The Morgan fingerprint density at radius 1 is 1.12 bits per heavy atom. The molecule has 6 heteroatoms. The van der Waals surface area contributed by atoms with Crippen molar-refractivity contribution >= 4 is 23.2 Å². The molecule has 130 valence electrons. The van der Waals surface area contributed by atoms with Crippen molar-refractivity contribution in [3.05, 3.63) is 50.7 Å². The summed E-state index contributed by atoms with van der Waals surface area (Å²) in [7, 11) is 0. The quantitative estimate of drug-likeness (QED) is 0.882. The number of carbonyl (C=O) groups is 2. The monoisotopic (exact) mass is 357 g/mol. The Bertz CT molecular complexity index is 818. The van der Waals surface area contributed by atoms with Crippen LogP contribution in [0.3, 0.4) is 0 Å². The van der Waals surface area contributed by atoms with E-state index in [9.17, 15) is 14.7 Å². The predicted octanol–water partition coefficient (Wildman–Crippen LogP) is 3.12. The van der Waals surface area contributed by atoms with Gasteiger partial charge in [0.05, 0.1) is 11.5 Å². The molecule has 2 heterocycles. The van der Waals surface area contributed by atoms with Crippen LogP contribution >= 0.6 is 11.3 Å². The average Bonchev–Trinajstić information content (AvgIpc) is 3.24. The molecule has 1 unspecified atom stereocenters. The number of rotatable bonds is 4. The average molecular weight is 357 g/mol. The van der Waals surface area contributed by atoms with Gasteiger partial charge in [-0.15, -0.1) is 11.3 Å². The molecule has 0 spiro atoms. The van der Waals surface area contributed by atoms with Gasteiger partial charge in [0.25, 0.3) is 5.91 Å². The largest absolute Gasteiger partial charge is 0.493 e. The highest BCUT2D eigenvalue weighted by Gasteiger charge is 2.26. The topological polar surface area (TPSA) is 75.6 Å². The van der Waals surface area contributed by atoms with Crippen LogP contribution in [0, 0.1) is 0 Å². The Morgan fingerprint density at radius 3 is 2.76 bits per heavy atom. The molecule has 2 aliphatic rings. The van der Waals surface area contributed by atoms with Crippen LogP contribution in [0.15, 0.2) is 24.3 Å². The fourth-order valence-electron chi connectivity index (χ4n) is 3.48. The predicted molar refractivity (Wildman–Crippen MR) is 94.4 cm³/mol. The molecule has 0 fully saturated rings. The highest BCUT2D eigenvalue weighted by molar-refractivity contribution is 7.14. The maximum absolute atomic E-state index is 12.6. The highest BCUT2D eigenvalue weighted by Crippen LogP contribution is 2.31. The van der Waals surface area contributed by atoms with Crippen LogP contribution in [0.2, 0.25) is 0 Å². The van der Waals surface area contributed by atoms with Crippen molar-refractivity contribution in [2.24, 2.45) is 0 Å². The van der Waals surface area contributed by atoms with Crippen molar-refractivity contribution < 1.29 is 19.4 Å². The van der Waals surface area contributed by atoms with Crippen LogP contribution in [-0.2, 0) is 24.1 Å². The zero-order valence-electron chi connectivity index (χ0n) is 13.7. The van der Waals surface area contributed by atoms with E-state index in [1.807, 2.05) is 12.1 Å². The maximum atomic E-state index is 12.6. The first-order valence-corrected chi connectivity index (χ1v) is 9.34. The van der Waals surface area contributed by atoms with Crippen molar-refractivity contribution in [1.82, 2.24) is 5.32 Å². The lowest BCUT2D eigenvalue weighted by Crippen LogP contribution is -2.33. The molecular formula is C19H19NO4S.